The highest BCUT2D eigenvalue weighted by Gasteiger charge is 2.58. The maximum atomic E-state index is 14.2. The number of likely N-dealkylation sites (tertiary alicyclic amines) is 1. The number of benzene rings is 1. The molecular formula is C29H38ClN5O7. The van der Waals surface area contributed by atoms with E-state index in [4.69, 9.17) is 22.1 Å². The largest absolute Gasteiger partial charge is 0.439 e. The highest BCUT2D eigenvalue weighted by atomic mass is 35.5. The van der Waals surface area contributed by atoms with Crippen LogP contribution in [-0.4, -0.2) is 71.3 Å². The van der Waals surface area contributed by atoms with Crippen LogP contribution in [-0.2, 0) is 28.7 Å². The van der Waals surface area contributed by atoms with Gasteiger partial charge in [0.05, 0.1) is 13.1 Å². The van der Waals surface area contributed by atoms with Crippen molar-refractivity contribution in [3.8, 4) is 0 Å². The maximum Gasteiger partial charge on any atom is 0.415 e. The quantitative estimate of drug-likeness (QED) is 0.419. The third kappa shape index (κ3) is 7.03. The summed E-state index contributed by atoms with van der Waals surface area (Å²) in [6.07, 6.45) is 4.68. The van der Waals surface area contributed by atoms with Gasteiger partial charge in [0.15, 0.2) is 5.60 Å². The summed E-state index contributed by atoms with van der Waals surface area (Å²) in [6.45, 7) is 5.21. The van der Waals surface area contributed by atoms with E-state index < -0.39 is 52.8 Å². The molecule has 1 spiro atoms. The molecule has 1 aliphatic carbocycles. The van der Waals surface area contributed by atoms with E-state index in [1.165, 1.54) is 9.80 Å². The van der Waals surface area contributed by atoms with E-state index in [0.717, 1.165) is 32.1 Å². The van der Waals surface area contributed by atoms with Crippen molar-refractivity contribution < 1.29 is 33.5 Å². The molecule has 0 unspecified atom stereocenters. The van der Waals surface area contributed by atoms with Gasteiger partial charge in [0.25, 0.3) is 0 Å². The number of rotatable bonds is 6. The Bertz CT molecular complexity index is 1280. The fraction of sp³-hybridized carbons (Fsp3) is 0.586. The molecule has 3 atom stereocenters. The van der Waals surface area contributed by atoms with E-state index in [0.29, 0.717) is 17.1 Å². The number of amides is 6. The molecule has 0 radical (unpaired) electrons. The summed E-state index contributed by atoms with van der Waals surface area (Å²) in [5, 5.41) is 5.24. The van der Waals surface area contributed by atoms with E-state index in [9.17, 15) is 28.8 Å². The second-order valence-electron chi connectivity index (χ2n) is 12.6. The highest BCUT2D eigenvalue weighted by molar-refractivity contribution is 6.37. The summed E-state index contributed by atoms with van der Waals surface area (Å²) in [5.41, 5.74) is 3.44. The molecule has 3 fully saturated rings. The van der Waals surface area contributed by atoms with Crippen LogP contribution in [0, 0.1) is 11.3 Å². The van der Waals surface area contributed by atoms with Crippen molar-refractivity contribution in [3.63, 3.8) is 0 Å². The molecule has 6 amide bonds. The van der Waals surface area contributed by atoms with Crippen molar-refractivity contribution in [2.45, 2.75) is 83.4 Å². The summed E-state index contributed by atoms with van der Waals surface area (Å²) in [6, 6.07) is 4.30. The molecule has 0 bridgehead atoms. The monoisotopic (exact) mass is 603 g/mol. The highest BCUT2D eigenvalue weighted by Crippen LogP contribution is 2.39. The molecule has 4 rings (SSSR count). The van der Waals surface area contributed by atoms with E-state index in [1.807, 2.05) is 5.32 Å². The Balaban J connectivity index is 1.60. The summed E-state index contributed by atoms with van der Waals surface area (Å²) >= 11 is 6.12. The fourth-order valence-corrected chi connectivity index (χ4v) is 6.20. The lowest BCUT2D eigenvalue weighted by molar-refractivity contribution is -0.146. The zero-order valence-electron chi connectivity index (χ0n) is 24.1. The Labute approximate surface area is 249 Å². The van der Waals surface area contributed by atoms with Crippen molar-refractivity contribution in [1.82, 2.24) is 15.5 Å². The lowest BCUT2D eigenvalue weighted by Gasteiger charge is -2.35. The van der Waals surface area contributed by atoms with Gasteiger partial charge in [-0.25, -0.2) is 4.79 Å². The Hall–Kier alpha value is -3.67. The third-order valence-electron chi connectivity index (χ3n) is 8.15. The van der Waals surface area contributed by atoms with Crippen LogP contribution in [0.3, 0.4) is 0 Å². The molecule has 42 heavy (non-hydrogen) atoms. The molecule has 13 heteroatoms. The van der Waals surface area contributed by atoms with Gasteiger partial charge >= 0.3 is 17.9 Å². The Morgan fingerprint density at radius 3 is 2.43 bits per heavy atom. The van der Waals surface area contributed by atoms with Crippen LogP contribution in [0.4, 0.5) is 10.5 Å². The number of anilines is 1. The van der Waals surface area contributed by atoms with Crippen LogP contribution in [0.1, 0.15) is 65.7 Å². The molecule has 2 saturated heterocycles. The van der Waals surface area contributed by atoms with Gasteiger partial charge in [-0.05, 0) is 42.4 Å². The topological polar surface area (TPSA) is 168 Å². The molecular weight excluding hydrogens is 566 g/mol. The molecule has 0 aromatic heterocycles. The number of ether oxygens (including phenoxy) is 1. The van der Waals surface area contributed by atoms with Gasteiger partial charge in [0.2, 0.25) is 17.7 Å². The number of nitrogens with one attached hydrogen (secondary N) is 2. The van der Waals surface area contributed by atoms with E-state index in [-0.39, 0.29) is 31.3 Å². The van der Waals surface area contributed by atoms with Crippen LogP contribution in [0.2, 0.25) is 5.02 Å². The van der Waals surface area contributed by atoms with Crippen molar-refractivity contribution in [3.05, 3.63) is 29.3 Å². The first-order valence-electron chi connectivity index (χ1n) is 14.2. The smallest absolute Gasteiger partial charge is 0.415 e. The normalized spacial score (nSPS) is 23.4. The molecule has 1 aromatic carbocycles. The van der Waals surface area contributed by atoms with Gasteiger partial charge in [-0.2, -0.15) is 0 Å². The third-order valence-corrected chi connectivity index (χ3v) is 8.39. The molecule has 3 aliphatic rings. The Kier molecular flexibility index (Phi) is 9.15. The predicted molar refractivity (Wildman–Crippen MR) is 153 cm³/mol. The standard InChI is InChI=1S/C29H38ClN5O7/c1-28(2,3)22(32-21(36)12-17-8-5-4-6-9-17)26(40)35-16-29(14-20(35)24(38)33-25(39)23(31)37)15-34(27(41)42-29)19-11-7-10-18(30)13-19/h7,10-11,13,17,20,22H,4-6,8-9,12,14-16H2,1-3H3,(H2,31,37)(H,32,36)(H,33,38,39)/t20-,22+,29-/m0/s1. The van der Waals surface area contributed by atoms with E-state index in [1.54, 1.807) is 45.0 Å². The SMILES string of the molecule is CC(C)(C)[C@H](NC(=O)CC1CCCCC1)C(=O)N1C[C@]2(C[C@H]1C(=O)NC(=O)C(N)=O)CN(c1cccc(Cl)c1)C(=O)O2. The summed E-state index contributed by atoms with van der Waals surface area (Å²) in [7, 11) is 0. The first kappa shape index (κ1) is 31.3. The van der Waals surface area contributed by atoms with Crippen molar-refractivity contribution >= 4 is 52.9 Å². The summed E-state index contributed by atoms with van der Waals surface area (Å²) < 4.78 is 5.78. The van der Waals surface area contributed by atoms with Crippen LogP contribution >= 0.6 is 11.6 Å². The second-order valence-corrected chi connectivity index (χ2v) is 13.0. The van der Waals surface area contributed by atoms with E-state index >= 15 is 0 Å². The number of imide groups is 1. The van der Waals surface area contributed by atoms with Crippen LogP contribution < -0.4 is 21.3 Å². The predicted octanol–water partition coefficient (Wildman–Crippen LogP) is 2.27. The first-order valence-corrected chi connectivity index (χ1v) is 14.6. The van der Waals surface area contributed by atoms with E-state index in [2.05, 4.69) is 5.32 Å². The minimum absolute atomic E-state index is 0.00226. The fourth-order valence-electron chi connectivity index (χ4n) is 6.01. The number of hydrogen-bond donors (Lipinski definition) is 3. The van der Waals surface area contributed by atoms with Gasteiger partial charge < -0.3 is 20.7 Å². The van der Waals surface area contributed by atoms with Crippen LogP contribution in [0.5, 0.6) is 0 Å². The number of primary amides is 1. The summed E-state index contributed by atoms with van der Waals surface area (Å²) in [5.74, 6) is -4.21. The van der Waals surface area contributed by atoms with Gasteiger partial charge in [0.1, 0.15) is 12.1 Å². The zero-order valence-corrected chi connectivity index (χ0v) is 24.9. The number of nitrogens with two attached hydrogens (primary N) is 1. The average molecular weight is 604 g/mol. The minimum Gasteiger partial charge on any atom is -0.439 e. The number of carbonyl (C=O) groups excluding carboxylic acids is 6. The minimum atomic E-state index is -1.36. The molecule has 2 heterocycles. The van der Waals surface area contributed by atoms with Gasteiger partial charge in [-0.1, -0.05) is 57.7 Å². The number of hydrogen-bond acceptors (Lipinski definition) is 7. The maximum absolute atomic E-state index is 14.2. The Morgan fingerprint density at radius 1 is 1.12 bits per heavy atom. The van der Waals surface area contributed by atoms with Gasteiger partial charge in [-0.15, -0.1) is 0 Å². The number of carbonyl (C=O) groups is 6. The number of halogens is 1. The zero-order chi connectivity index (χ0) is 30.8. The van der Waals surface area contributed by atoms with Gasteiger partial charge in [0, 0.05) is 23.6 Å². The first-order chi connectivity index (χ1) is 19.7. The van der Waals surface area contributed by atoms with Crippen molar-refractivity contribution in [2.75, 3.05) is 18.0 Å². The molecule has 2 aliphatic heterocycles. The molecule has 4 N–H and O–H groups in total. The number of nitrogens with zero attached hydrogens (tertiary/aromatic N) is 2. The van der Waals surface area contributed by atoms with Crippen LogP contribution in [0.15, 0.2) is 24.3 Å². The molecule has 1 saturated carbocycles. The van der Waals surface area contributed by atoms with Crippen molar-refractivity contribution in [2.24, 2.45) is 17.1 Å². The average Bonchev–Trinajstić information content (AvgIpc) is 3.45. The molecule has 1 aromatic rings. The molecule has 12 nitrogen and oxygen atoms in total. The van der Waals surface area contributed by atoms with Crippen molar-refractivity contribution in [1.29, 1.82) is 0 Å². The summed E-state index contributed by atoms with van der Waals surface area (Å²) in [4.78, 5) is 79.4. The van der Waals surface area contributed by atoms with Crippen LogP contribution in [0.25, 0.3) is 0 Å². The Morgan fingerprint density at radius 2 is 1.81 bits per heavy atom. The lowest BCUT2D eigenvalue weighted by atomic mass is 9.84. The lowest BCUT2D eigenvalue weighted by Crippen LogP contribution is -2.58. The van der Waals surface area contributed by atoms with Gasteiger partial charge in [-0.3, -0.25) is 34.2 Å². The second kappa shape index (κ2) is 12.3. The molecule has 228 valence electrons.